The first-order chi connectivity index (χ1) is 22.8. The molecule has 2 heterocycles. The van der Waals surface area contributed by atoms with E-state index in [0.29, 0.717) is 0 Å². The predicted octanol–water partition coefficient (Wildman–Crippen LogP) is 12.5. The Morgan fingerprint density at radius 3 is 1.72 bits per heavy atom. The van der Waals surface area contributed by atoms with Gasteiger partial charge in [0.25, 0.3) is 0 Å². The van der Waals surface area contributed by atoms with E-state index in [9.17, 15) is 0 Å². The number of benzene rings is 8. The minimum absolute atomic E-state index is 0.909. The third-order valence-corrected chi connectivity index (χ3v) is 9.58. The van der Waals surface area contributed by atoms with Gasteiger partial charge in [-0.1, -0.05) is 133 Å². The summed E-state index contributed by atoms with van der Waals surface area (Å²) in [6.45, 7) is 0. The fourth-order valence-electron chi connectivity index (χ4n) is 7.52. The van der Waals surface area contributed by atoms with Crippen molar-refractivity contribution in [3.8, 4) is 33.4 Å². The summed E-state index contributed by atoms with van der Waals surface area (Å²) in [6.07, 6.45) is 0. The number of fused-ring (bicyclic) bond motifs is 11. The lowest BCUT2D eigenvalue weighted by Crippen LogP contribution is -1.87. The second-order valence-electron chi connectivity index (χ2n) is 12.1. The Bertz CT molecular complexity index is 2800. The highest BCUT2D eigenvalue weighted by Gasteiger charge is 2.18. The Balaban J connectivity index is 1.29. The van der Waals surface area contributed by atoms with Crippen molar-refractivity contribution in [2.45, 2.75) is 0 Å². The van der Waals surface area contributed by atoms with Gasteiger partial charge in [-0.25, -0.2) is 0 Å². The van der Waals surface area contributed by atoms with Gasteiger partial charge < -0.3 is 9.40 Å². The Morgan fingerprint density at radius 2 is 0.913 bits per heavy atom. The van der Waals surface area contributed by atoms with Crippen molar-refractivity contribution in [1.29, 1.82) is 0 Å². The lowest BCUT2D eigenvalue weighted by atomic mass is 9.91. The molecule has 0 aliphatic carbocycles. The zero-order valence-corrected chi connectivity index (χ0v) is 24.9. The van der Waals surface area contributed by atoms with Gasteiger partial charge in [0.2, 0.25) is 0 Å². The van der Waals surface area contributed by atoms with Gasteiger partial charge in [-0.05, 0) is 62.7 Å². The normalized spacial score (nSPS) is 11.9. The van der Waals surface area contributed by atoms with Crippen LogP contribution in [-0.2, 0) is 0 Å². The first kappa shape index (κ1) is 25.2. The van der Waals surface area contributed by atoms with Crippen LogP contribution in [0.5, 0.6) is 0 Å². The van der Waals surface area contributed by atoms with E-state index in [4.69, 9.17) is 4.42 Å². The highest BCUT2D eigenvalue weighted by atomic mass is 16.3. The summed E-state index contributed by atoms with van der Waals surface area (Å²) in [4.78, 5) is 3.93. The minimum atomic E-state index is 0.909. The standard InChI is InChI=1S/C44H27NO/c1-2-12-27(13-3-1)28-24-29(26-30(25-28)32-20-11-21-38-35-16-8-9-23-40(35)46-44(32)38)31-19-10-22-39-41-36-17-6-4-14-33(36)34-15-5-7-18-37(34)43(41)45-42(31)39/h1-26,45H. The highest BCUT2D eigenvalue weighted by Crippen LogP contribution is 2.43. The first-order valence-electron chi connectivity index (χ1n) is 15.8. The van der Waals surface area contributed by atoms with E-state index in [1.165, 1.54) is 54.5 Å². The van der Waals surface area contributed by atoms with E-state index in [-0.39, 0.29) is 0 Å². The molecule has 1 N–H and O–H groups in total. The molecule has 10 aromatic rings. The smallest absolute Gasteiger partial charge is 0.143 e. The minimum Gasteiger partial charge on any atom is -0.455 e. The second-order valence-corrected chi connectivity index (χ2v) is 12.1. The number of furan rings is 1. The van der Waals surface area contributed by atoms with Gasteiger partial charge in [0.05, 0.1) is 11.0 Å². The van der Waals surface area contributed by atoms with Crippen LogP contribution in [0.4, 0.5) is 0 Å². The summed E-state index contributed by atoms with van der Waals surface area (Å²) < 4.78 is 6.51. The topological polar surface area (TPSA) is 28.9 Å². The maximum Gasteiger partial charge on any atom is 0.143 e. The van der Waals surface area contributed by atoms with Gasteiger partial charge in [-0.2, -0.15) is 0 Å². The Morgan fingerprint density at radius 1 is 0.348 bits per heavy atom. The van der Waals surface area contributed by atoms with Crippen molar-refractivity contribution in [3.05, 3.63) is 158 Å². The van der Waals surface area contributed by atoms with Crippen LogP contribution in [0.3, 0.4) is 0 Å². The number of nitrogens with one attached hydrogen (secondary N) is 1. The zero-order valence-electron chi connectivity index (χ0n) is 24.9. The summed E-state index contributed by atoms with van der Waals surface area (Å²) in [7, 11) is 0. The Hall–Kier alpha value is -6.12. The molecule has 214 valence electrons. The molecule has 0 saturated carbocycles. The average molecular weight is 586 g/mol. The lowest BCUT2D eigenvalue weighted by Gasteiger charge is -2.12. The highest BCUT2D eigenvalue weighted by molar-refractivity contribution is 6.32. The van der Waals surface area contributed by atoms with E-state index in [1.807, 2.05) is 6.07 Å². The van der Waals surface area contributed by atoms with Crippen molar-refractivity contribution < 1.29 is 4.42 Å². The number of aromatic amines is 1. The quantitative estimate of drug-likeness (QED) is 0.205. The number of rotatable bonds is 3. The molecule has 0 saturated heterocycles. The van der Waals surface area contributed by atoms with E-state index in [0.717, 1.165) is 44.1 Å². The first-order valence-corrected chi connectivity index (χ1v) is 15.8. The van der Waals surface area contributed by atoms with Crippen LogP contribution in [0.15, 0.2) is 162 Å². The molecule has 8 aromatic carbocycles. The SMILES string of the molecule is c1ccc(-c2cc(-c3cccc4c3[nH]c3c5ccccc5c5ccccc5c43)cc(-c3cccc4c3oc3ccccc34)c2)cc1. The van der Waals surface area contributed by atoms with Gasteiger partial charge in [0, 0.05) is 38.1 Å². The van der Waals surface area contributed by atoms with Crippen molar-refractivity contribution in [2.75, 3.05) is 0 Å². The predicted molar refractivity (Wildman–Crippen MR) is 194 cm³/mol. The molecule has 0 aliphatic heterocycles. The molecule has 0 aliphatic rings. The zero-order chi connectivity index (χ0) is 30.2. The number of para-hydroxylation sites is 3. The molecule has 0 spiro atoms. The van der Waals surface area contributed by atoms with Gasteiger partial charge in [-0.3, -0.25) is 0 Å². The summed E-state index contributed by atoms with van der Waals surface area (Å²) in [6, 6.07) is 56.6. The van der Waals surface area contributed by atoms with E-state index < -0.39 is 0 Å². The molecule has 2 nitrogen and oxygen atoms in total. The van der Waals surface area contributed by atoms with Crippen LogP contribution >= 0.6 is 0 Å². The van der Waals surface area contributed by atoms with Crippen LogP contribution in [0.2, 0.25) is 0 Å². The summed E-state index contributed by atoms with van der Waals surface area (Å²) >= 11 is 0. The lowest BCUT2D eigenvalue weighted by molar-refractivity contribution is 0.670. The third kappa shape index (κ3) is 3.65. The van der Waals surface area contributed by atoms with Gasteiger partial charge >= 0.3 is 0 Å². The number of hydrogen-bond acceptors (Lipinski definition) is 1. The summed E-state index contributed by atoms with van der Waals surface area (Å²) in [5.41, 5.74) is 11.1. The molecule has 0 amide bonds. The molecular formula is C44H27NO. The van der Waals surface area contributed by atoms with E-state index in [2.05, 4.69) is 157 Å². The molecular weight excluding hydrogens is 558 g/mol. The van der Waals surface area contributed by atoms with Crippen molar-refractivity contribution >= 4 is 65.3 Å². The molecule has 0 fully saturated rings. The molecule has 10 rings (SSSR count). The molecule has 0 unspecified atom stereocenters. The van der Waals surface area contributed by atoms with Gasteiger partial charge in [-0.15, -0.1) is 0 Å². The maximum absolute atomic E-state index is 6.51. The molecule has 0 radical (unpaired) electrons. The second kappa shape index (κ2) is 9.69. The van der Waals surface area contributed by atoms with Gasteiger partial charge in [0.1, 0.15) is 11.2 Å². The summed E-state index contributed by atoms with van der Waals surface area (Å²) in [5, 5.41) is 9.86. The van der Waals surface area contributed by atoms with Crippen molar-refractivity contribution in [1.82, 2.24) is 4.98 Å². The molecule has 0 atom stereocenters. The van der Waals surface area contributed by atoms with Crippen LogP contribution in [0.25, 0.3) is 98.7 Å². The molecule has 46 heavy (non-hydrogen) atoms. The largest absolute Gasteiger partial charge is 0.455 e. The third-order valence-electron chi connectivity index (χ3n) is 9.58. The van der Waals surface area contributed by atoms with Crippen LogP contribution in [-0.4, -0.2) is 4.98 Å². The average Bonchev–Trinajstić information content (AvgIpc) is 3.71. The number of hydrogen-bond donors (Lipinski definition) is 1. The fraction of sp³-hybridized carbons (Fsp3) is 0. The maximum atomic E-state index is 6.51. The van der Waals surface area contributed by atoms with Crippen LogP contribution < -0.4 is 0 Å². The fourth-order valence-corrected chi connectivity index (χ4v) is 7.52. The number of aromatic nitrogens is 1. The summed E-state index contributed by atoms with van der Waals surface area (Å²) in [5.74, 6) is 0. The number of H-pyrrole nitrogens is 1. The Kier molecular flexibility index (Phi) is 5.31. The Labute approximate surface area is 265 Å². The van der Waals surface area contributed by atoms with Gasteiger partial charge in [0.15, 0.2) is 0 Å². The molecule has 0 bridgehead atoms. The molecule has 2 aromatic heterocycles. The molecule has 2 heteroatoms. The van der Waals surface area contributed by atoms with Crippen molar-refractivity contribution in [2.24, 2.45) is 0 Å². The monoisotopic (exact) mass is 585 g/mol. The van der Waals surface area contributed by atoms with E-state index in [1.54, 1.807) is 0 Å². The van der Waals surface area contributed by atoms with Crippen LogP contribution in [0, 0.1) is 0 Å². The van der Waals surface area contributed by atoms with Crippen molar-refractivity contribution in [3.63, 3.8) is 0 Å². The van der Waals surface area contributed by atoms with Crippen LogP contribution in [0.1, 0.15) is 0 Å². The van der Waals surface area contributed by atoms with E-state index >= 15 is 0 Å².